The van der Waals surface area contributed by atoms with Crippen molar-refractivity contribution in [3.05, 3.63) is 24.2 Å². The van der Waals surface area contributed by atoms with E-state index in [1.54, 1.807) is 39.8 Å². The number of hydrogen-bond acceptors (Lipinski definition) is 5. The van der Waals surface area contributed by atoms with Crippen molar-refractivity contribution in [1.82, 2.24) is 4.90 Å². The van der Waals surface area contributed by atoms with Crippen LogP contribution in [0.2, 0.25) is 18.1 Å². The average molecular weight is 382 g/mol. The number of hydrogen-bond donors (Lipinski definition) is 0. The van der Waals surface area contributed by atoms with Gasteiger partial charge >= 0.3 is 6.09 Å². The zero-order valence-corrected chi connectivity index (χ0v) is 17.9. The van der Waals surface area contributed by atoms with Crippen molar-refractivity contribution < 1.29 is 23.2 Å². The lowest BCUT2D eigenvalue weighted by Crippen LogP contribution is -2.72. The lowest BCUT2D eigenvalue weighted by atomic mass is 9.83. The smallest absolute Gasteiger partial charge is 0.417 e. The third kappa shape index (κ3) is 3.60. The zero-order chi connectivity index (χ0) is 19.8. The summed E-state index contributed by atoms with van der Waals surface area (Å²) >= 11 is 0. The molecule has 0 aromatic carbocycles. The summed E-state index contributed by atoms with van der Waals surface area (Å²) in [4.78, 5) is 26.8. The van der Waals surface area contributed by atoms with Crippen LogP contribution in [0.15, 0.2) is 22.8 Å². The molecule has 1 aliphatic rings. The van der Waals surface area contributed by atoms with Gasteiger partial charge in [-0.2, -0.15) is 0 Å². The molecule has 0 aliphatic carbocycles. The summed E-state index contributed by atoms with van der Waals surface area (Å²) < 4.78 is 17.5. The highest BCUT2D eigenvalue weighted by molar-refractivity contribution is 6.73. The molecule has 7 heteroatoms. The number of rotatable bonds is 6. The molecule has 146 valence electrons. The Labute approximate surface area is 157 Å². The molecule has 6 nitrogen and oxygen atoms in total. The van der Waals surface area contributed by atoms with Crippen LogP contribution < -0.4 is 0 Å². The van der Waals surface area contributed by atoms with Crippen molar-refractivity contribution in [2.24, 2.45) is 0 Å². The normalized spacial score (nSPS) is 23.7. The lowest BCUT2D eigenvalue weighted by molar-refractivity contribution is -0.183. The van der Waals surface area contributed by atoms with Crippen LogP contribution in [0.1, 0.15) is 60.3 Å². The van der Waals surface area contributed by atoms with E-state index in [1.165, 1.54) is 6.26 Å². The van der Waals surface area contributed by atoms with Gasteiger partial charge in [-0.1, -0.05) is 20.8 Å². The van der Waals surface area contributed by atoms with E-state index in [0.29, 0.717) is 5.76 Å². The first kappa shape index (κ1) is 20.7. The van der Waals surface area contributed by atoms with Gasteiger partial charge in [0.05, 0.1) is 6.26 Å². The van der Waals surface area contributed by atoms with Crippen molar-refractivity contribution in [2.75, 3.05) is 0 Å². The molecule has 1 saturated heterocycles. The van der Waals surface area contributed by atoms with Gasteiger partial charge in [-0.3, -0.25) is 4.79 Å². The number of furan rings is 1. The van der Waals surface area contributed by atoms with E-state index in [2.05, 4.69) is 20.8 Å². The fourth-order valence-corrected chi connectivity index (χ4v) is 6.55. The standard InChI is InChI=1S/C19H31NO5Si/c1-8-26(9-2,10-3)25-19(7)15(14-12-11-13-23-14)20(16(19)21)17(22)24-18(4,5)6/h11-13,15H,8-10H2,1-7H3/t15-,19+/m0/s1. The zero-order valence-electron chi connectivity index (χ0n) is 16.9. The molecule has 1 aliphatic heterocycles. The highest BCUT2D eigenvalue weighted by Crippen LogP contribution is 2.49. The Kier molecular flexibility index (Phi) is 5.73. The van der Waals surface area contributed by atoms with Gasteiger partial charge in [0.15, 0.2) is 13.9 Å². The molecule has 0 spiro atoms. The van der Waals surface area contributed by atoms with E-state index in [1.807, 2.05) is 0 Å². The Morgan fingerprint density at radius 3 is 2.27 bits per heavy atom. The van der Waals surface area contributed by atoms with Crippen LogP contribution >= 0.6 is 0 Å². The number of imide groups is 1. The van der Waals surface area contributed by atoms with Crippen molar-refractivity contribution in [3.63, 3.8) is 0 Å². The Morgan fingerprint density at radius 2 is 1.85 bits per heavy atom. The molecule has 0 bridgehead atoms. The summed E-state index contributed by atoms with van der Waals surface area (Å²) in [6, 6.07) is 5.65. The summed E-state index contributed by atoms with van der Waals surface area (Å²) in [5.41, 5.74) is -1.80. The highest BCUT2D eigenvalue weighted by Gasteiger charge is 2.65. The largest absolute Gasteiger partial charge is 0.467 e. The Hall–Kier alpha value is -1.60. The maximum Gasteiger partial charge on any atom is 0.417 e. The van der Waals surface area contributed by atoms with Crippen LogP contribution in [0.5, 0.6) is 0 Å². The summed E-state index contributed by atoms with van der Waals surface area (Å²) in [5, 5.41) is 0. The van der Waals surface area contributed by atoms with Gasteiger partial charge in [0, 0.05) is 0 Å². The number of amides is 2. The van der Waals surface area contributed by atoms with Crippen molar-refractivity contribution in [3.8, 4) is 0 Å². The second-order valence-corrected chi connectivity index (χ2v) is 12.7. The van der Waals surface area contributed by atoms with Gasteiger partial charge in [0.25, 0.3) is 5.91 Å². The molecule has 0 N–H and O–H groups in total. The molecule has 0 unspecified atom stereocenters. The predicted molar refractivity (Wildman–Crippen MR) is 101 cm³/mol. The van der Waals surface area contributed by atoms with E-state index in [-0.39, 0.29) is 5.91 Å². The molecule has 0 saturated carbocycles. The van der Waals surface area contributed by atoms with Crippen molar-refractivity contribution in [2.45, 2.75) is 83.8 Å². The van der Waals surface area contributed by atoms with Crippen LogP contribution in [0, 0.1) is 0 Å². The van der Waals surface area contributed by atoms with Crippen LogP contribution in [-0.4, -0.2) is 36.4 Å². The summed E-state index contributed by atoms with van der Waals surface area (Å²) in [6.07, 6.45) is 0.873. The predicted octanol–water partition coefficient (Wildman–Crippen LogP) is 4.88. The number of β-lactam (4-membered cyclic amide) rings is 1. The Morgan fingerprint density at radius 1 is 1.27 bits per heavy atom. The molecule has 2 heterocycles. The number of carbonyl (C=O) groups excluding carboxylic acids is 2. The maximum atomic E-state index is 13.0. The van der Waals surface area contributed by atoms with Gasteiger partial charge in [-0.05, 0) is 58.0 Å². The molecule has 0 radical (unpaired) electrons. The molecule has 2 rings (SSSR count). The van der Waals surface area contributed by atoms with Gasteiger partial charge in [-0.25, -0.2) is 9.69 Å². The van der Waals surface area contributed by atoms with Crippen molar-refractivity contribution in [1.29, 1.82) is 0 Å². The minimum Gasteiger partial charge on any atom is -0.467 e. The molecule has 26 heavy (non-hydrogen) atoms. The van der Waals surface area contributed by atoms with Crippen molar-refractivity contribution >= 4 is 20.3 Å². The van der Waals surface area contributed by atoms with Crippen LogP contribution in [-0.2, 0) is 14.0 Å². The van der Waals surface area contributed by atoms with Gasteiger partial charge < -0.3 is 13.6 Å². The lowest BCUT2D eigenvalue weighted by Gasteiger charge is -2.54. The van der Waals surface area contributed by atoms with Gasteiger partial charge in [-0.15, -0.1) is 0 Å². The number of nitrogens with zero attached hydrogens (tertiary/aromatic N) is 1. The number of carbonyl (C=O) groups is 2. The maximum absolute atomic E-state index is 13.0. The highest BCUT2D eigenvalue weighted by atomic mass is 28.4. The first-order valence-corrected chi connectivity index (χ1v) is 11.9. The first-order chi connectivity index (χ1) is 12.0. The van der Waals surface area contributed by atoms with E-state index in [9.17, 15) is 9.59 Å². The SMILES string of the molecule is CC[Si](CC)(CC)O[C@@]1(C)C(=O)N(C(=O)OC(C)(C)C)[C@H]1c1ccco1. The third-order valence-electron chi connectivity index (χ3n) is 5.19. The number of likely N-dealkylation sites (tertiary alicyclic amines) is 1. The van der Waals surface area contributed by atoms with E-state index in [4.69, 9.17) is 13.6 Å². The topological polar surface area (TPSA) is 69.0 Å². The minimum atomic E-state index is -2.07. The Bertz CT molecular complexity index is 639. The first-order valence-electron chi connectivity index (χ1n) is 9.33. The summed E-state index contributed by atoms with van der Waals surface area (Å²) in [6.45, 7) is 13.4. The van der Waals surface area contributed by atoms with Gasteiger partial charge in [0.2, 0.25) is 0 Å². The quantitative estimate of drug-likeness (QED) is 0.519. The average Bonchev–Trinajstić information content (AvgIpc) is 3.08. The summed E-state index contributed by atoms with van der Waals surface area (Å²) in [7, 11) is -2.07. The van der Waals surface area contributed by atoms with Crippen LogP contribution in [0.3, 0.4) is 0 Å². The molecule has 2 atom stereocenters. The van der Waals surface area contributed by atoms with E-state index < -0.39 is 31.7 Å². The molecule has 1 aromatic heterocycles. The van der Waals surface area contributed by atoms with E-state index >= 15 is 0 Å². The molecule has 2 amide bonds. The second kappa shape index (κ2) is 7.19. The fourth-order valence-electron chi connectivity index (χ4n) is 3.51. The molecular formula is C19H31NO5Si. The van der Waals surface area contributed by atoms with Crippen LogP contribution in [0.25, 0.3) is 0 Å². The molecular weight excluding hydrogens is 350 g/mol. The summed E-state index contributed by atoms with van der Waals surface area (Å²) in [5.74, 6) is 0.171. The third-order valence-corrected chi connectivity index (χ3v) is 9.91. The minimum absolute atomic E-state index is 0.361. The number of ether oxygens (including phenoxy) is 1. The Balaban J connectivity index is 2.38. The fraction of sp³-hybridized carbons (Fsp3) is 0.684. The van der Waals surface area contributed by atoms with E-state index in [0.717, 1.165) is 23.0 Å². The van der Waals surface area contributed by atoms with Gasteiger partial charge in [0.1, 0.15) is 17.4 Å². The van der Waals surface area contributed by atoms with Crippen LogP contribution in [0.4, 0.5) is 4.79 Å². The molecule has 1 aromatic rings. The molecule has 1 fully saturated rings. The second-order valence-electron chi connectivity index (χ2n) is 8.03. The monoisotopic (exact) mass is 381 g/mol.